The van der Waals surface area contributed by atoms with Crippen LogP contribution in [0.3, 0.4) is 0 Å². The standard InChI is InChI=1S/C14H26N/c1-5-9-10-14-15(11-6-2,12-7-3)13-8-4/h6-8H,2-5,9-14H2,1H3/q+1. The summed E-state index contributed by atoms with van der Waals surface area (Å²) >= 11 is 0. The van der Waals surface area contributed by atoms with Gasteiger partial charge in [-0.2, -0.15) is 0 Å². The summed E-state index contributed by atoms with van der Waals surface area (Å²) < 4.78 is 1.04. The van der Waals surface area contributed by atoms with Crippen molar-refractivity contribution in [1.29, 1.82) is 0 Å². The maximum absolute atomic E-state index is 3.85. The number of nitrogens with zero attached hydrogens (tertiary/aromatic N) is 1. The molecule has 0 rings (SSSR count). The minimum absolute atomic E-state index is 1.02. The summed E-state index contributed by atoms with van der Waals surface area (Å²) in [5.41, 5.74) is 0. The molecule has 1 heteroatoms. The van der Waals surface area contributed by atoms with Gasteiger partial charge in [0.25, 0.3) is 0 Å². The summed E-state index contributed by atoms with van der Waals surface area (Å²) in [5.74, 6) is 0. The summed E-state index contributed by atoms with van der Waals surface area (Å²) in [4.78, 5) is 0. The van der Waals surface area contributed by atoms with Gasteiger partial charge in [0.2, 0.25) is 0 Å². The predicted octanol–water partition coefficient (Wildman–Crippen LogP) is 3.55. The third-order valence-corrected chi connectivity index (χ3v) is 2.79. The lowest BCUT2D eigenvalue weighted by atomic mass is 10.2. The molecule has 0 heterocycles. The molecular formula is C14H26N+. The first-order chi connectivity index (χ1) is 7.24. The second-order valence-corrected chi connectivity index (χ2v) is 4.19. The number of quaternary nitrogens is 1. The fourth-order valence-corrected chi connectivity index (χ4v) is 2.02. The largest absolute Gasteiger partial charge is 0.314 e. The molecule has 1 nitrogen and oxygen atoms in total. The molecule has 0 amide bonds. The van der Waals surface area contributed by atoms with Gasteiger partial charge in [0.15, 0.2) is 0 Å². The Labute approximate surface area is 95.4 Å². The van der Waals surface area contributed by atoms with Gasteiger partial charge in [-0.15, -0.1) is 0 Å². The average molecular weight is 208 g/mol. The summed E-state index contributed by atoms with van der Waals surface area (Å²) in [5, 5.41) is 0. The van der Waals surface area contributed by atoms with Crippen molar-refractivity contribution in [3.05, 3.63) is 38.0 Å². The molecule has 0 atom stereocenters. The van der Waals surface area contributed by atoms with E-state index in [0.29, 0.717) is 0 Å². The van der Waals surface area contributed by atoms with Crippen LogP contribution in [0.15, 0.2) is 38.0 Å². The Bertz CT molecular complexity index is 167. The number of rotatable bonds is 10. The lowest BCUT2D eigenvalue weighted by Gasteiger charge is -2.36. The Morgan fingerprint density at radius 2 is 1.33 bits per heavy atom. The van der Waals surface area contributed by atoms with E-state index in [4.69, 9.17) is 0 Å². The summed E-state index contributed by atoms with van der Waals surface area (Å²) in [7, 11) is 0. The van der Waals surface area contributed by atoms with E-state index in [0.717, 1.165) is 24.1 Å². The zero-order valence-electron chi connectivity index (χ0n) is 10.3. The van der Waals surface area contributed by atoms with Gasteiger partial charge in [-0.25, -0.2) is 0 Å². The van der Waals surface area contributed by atoms with Gasteiger partial charge in [0, 0.05) is 0 Å². The van der Waals surface area contributed by atoms with Gasteiger partial charge < -0.3 is 4.48 Å². The second kappa shape index (κ2) is 8.49. The van der Waals surface area contributed by atoms with Gasteiger partial charge in [-0.1, -0.05) is 33.1 Å². The molecule has 86 valence electrons. The molecule has 0 fully saturated rings. The fourth-order valence-electron chi connectivity index (χ4n) is 2.02. The molecule has 0 aromatic rings. The maximum Gasteiger partial charge on any atom is 0.0975 e. The van der Waals surface area contributed by atoms with Crippen molar-refractivity contribution in [2.45, 2.75) is 26.2 Å². The Balaban J connectivity index is 4.36. The molecular weight excluding hydrogens is 182 g/mol. The molecule has 0 N–H and O–H groups in total. The van der Waals surface area contributed by atoms with E-state index in [1.54, 1.807) is 0 Å². The Kier molecular flexibility index (Phi) is 8.02. The number of unbranched alkanes of at least 4 members (excludes halogenated alkanes) is 2. The van der Waals surface area contributed by atoms with Crippen molar-refractivity contribution in [3.63, 3.8) is 0 Å². The van der Waals surface area contributed by atoms with Crippen molar-refractivity contribution in [2.75, 3.05) is 26.2 Å². The minimum atomic E-state index is 1.02. The molecule has 0 aliphatic carbocycles. The van der Waals surface area contributed by atoms with E-state index in [9.17, 15) is 0 Å². The molecule has 0 aromatic carbocycles. The molecule has 0 radical (unpaired) electrons. The Hall–Kier alpha value is -0.820. The highest BCUT2D eigenvalue weighted by Gasteiger charge is 2.21. The van der Waals surface area contributed by atoms with E-state index in [1.807, 2.05) is 18.2 Å². The first-order valence-corrected chi connectivity index (χ1v) is 5.92. The zero-order valence-corrected chi connectivity index (χ0v) is 10.3. The highest BCUT2D eigenvalue weighted by Crippen LogP contribution is 2.11. The highest BCUT2D eigenvalue weighted by molar-refractivity contribution is 4.76. The smallest absolute Gasteiger partial charge is 0.0975 e. The summed E-state index contributed by atoms with van der Waals surface area (Å²) in [6.07, 6.45) is 9.91. The average Bonchev–Trinajstić information content (AvgIpc) is 2.19. The summed E-state index contributed by atoms with van der Waals surface area (Å²) in [6, 6.07) is 0. The van der Waals surface area contributed by atoms with Gasteiger partial charge >= 0.3 is 0 Å². The van der Waals surface area contributed by atoms with Crippen LogP contribution in [0.2, 0.25) is 0 Å². The molecule has 15 heavy (non-hydrogen) atoms. The van der Waals surface area contributed by atoms with Gasteiger partial charge in [0.05, 0.1) is 26.2 Å². The van der Waals surface area contributed by atoms with Crippen LogP contribution >= 0.6 is 0 Å². The van der Waals surface area contributed by atoms with Crippen LogP contribution < -0.4 is 0 Å². The van der Waals surface area contributed by atoms with Crippen molar-refractivity contribution >= 4 is 0 Å². The van der Waals surface area contributed by atoms with Gasteiger partial charge in [0.1, 0.15) is 0 Å². The first-order valence-electron chi connectivity index (χ1n) is 5.92. The van der Waals surface area contributed by atoms with Crippen LogP contribution in [-0.4, -0.2) is 30.7 Å². The lowest BCUT2D eigenvalue weighted by molar-refractivity contribution is -0.912. The monoisotopic (exact) mass is 208 g/mol. The SMILES string of the molecule is C=CC[N+](CC=C)(CC=C)CCCCC. The van der Waals surface area contributed by atoms with Crippen LogP contribution in [0.1, 0.15) is 26.2 Å². The lowest BCUT2D eigenvalue weighted by Crippen LogP contribution is -2.49. The van der Waals surface area contributed by atoms with Gasteiger partial charge in [-0.05, 0) is 31.1 Å². The topological polar surface area (TPSA) is 0 Å². The second-order valence-electron chi connectivity index (χ2n) is 4.19. The highest BCUT2D eigenvalue weighted by atomic mass is 15.3. The van der Waals surface area contributed by atoms with E-state index < -0.39 is 0 Å². The van der Waals surface area contributed by atoms with Gasteiger partial charge in [-0.3, -0.25) is 0 Å². The van der Waals surface area contributed by atoms with Crippen LogP contribution in [0.25, 0.3) is 0 Å². The molecule has 0 bridgehead atoms. The number of hydrogen-bond donors (Lipinski definition) is 0. The van der Waals surface area contributed by atoms with Crippen LogP contribution in [0.4, 0.5) is 0 Å². The molecule has 0 unspecified atom stereocenters. The first kappa shape index (κ1) is 14.2. The minimum Gasteiger partial charge on any atom is -0.314 e. The fraction of sp³-hybridized carbons (Fsp3) is 0.571. The van der Waals surface area contributed by atoms with Crippen molar-refractivity contribution in [3.8, 4) is 0 Å². The quantitative estimate of drug-likeness (QED) is 0.292. The van der Waals surface area contributed by atoms with Crippen LogP contribution in [-0.2, 0) is 0 Å². The normalized spacial score (nSPS) is 11.0. The molecule has 0 aromatic heterocycles. The third-order valence-electron chi connectivity index (χ3n) is 2.79. The van der Waals surface area contributed by atoms with Crippen molar-refractivity contribution in [2.24, 2.45) is 0 Å². The third kappa shape index (κ3) is 5.58. The van der Waals surface area contributed by atoms with Crippen LogP contribution in [0, 0.1) is 0 Å². The molecule has 0 aliphatic heterocycles. The molecule has 0 saturated carbocycles. The van der Waals surface area contributed by atoms with E-state index >= 15 is 0 Å². The van der Waals surface area contributed by atoms with E-state index in [-0.39, 0.29) is 0 Å². The molecule has 0 spiro atoms. The molecule has 0 saturated heterocycles. The Morgan fingerprint density at radius 3 is 1.67 bits per heavy atom. The Morgan fingerprint density at radius 1 is 0.867 bits per heavy atom. The van der Waals surface area contributed by atoms with E-state index in [2.05, 4.69) is 26.7 Å². The zero-order chi connectivity index (χ0) is 11.6. The molecule has 0 aliphatic rings. The van der Waals surface area contributed by atoms with E-state index in [1.165, 1.54) is 25.8 Å². The van der Waals surface area contributed by atoms with Crippen LogP contribution in [0.5, 0.6) is 0 Å². The predicted molar refractivity (Wildman–Crippen MR) is 69.8 cm³/mol. The van der Waals surface area contributed by atoms with Crippen molar-refractivity contribution in [1.82, 2.24) is 0 Å². The maximum atomic E-state index is 3.85. The summed E-state index contributed by atoms with van der Waals surface area (Å²) in [6.45, 7) is 18.1. The van der Waals surface area contributed by atoms with Crippen molar-refractivity contribution < 1.29 is 4.48 Å². The number of hydrogen-bond acceptors (Lipinski definition) is 0.